The first-order valence-electron chi connectivity index (χ1n) is 8.46. The van der Waals surface area contributed by atoms with Crippen LogP contribution in [0.25, 0.3) is 10.9 Å². The summed E-state index contributed by atoms with van der Waals surface area (Å²) in [5.41, 5.74) is 2.60. The van der Waals surface area contributed by atoms with Gasteiger partial charge < -0.3 is 5.32 Å². The van der Waals surface area contributed by atoms with Crippen LogP contribution < -0.4 is 5.32 Å². The first-order valence-corrected chi connectivity index (χ1v) is 8.46. The van der Waals surface area contributed by atoms with E-state index in [1.807, 2.05) is 12.3 Å². The van der Waals surface area contributed by atoms with Gasteiger partial charge in [-0.05, 0) is 55.5 Å². The van der Waals surface area contributed by atoms with Crippen LogP contribution in [0, 0.1) is 0 Å². The Kier molecular flexibility index (Phi) is 4.87. The number of nitrogens with one attached hydrogen (secondary N) is 1. The first-order chi connectivity index (χ1) is 10.4. The molecule has 1 fully saturated rings. The largest absolute Gasteiger partial charge is 0.313 e. The molecule has 1 aliphatic carbocycles. The summed E-state index contributed by atoms with van der Waals surface area (Å²) in [5.74, 6) is 0.656. The molecular formula is C19H26N2. The van der Waals surface area contributed by atoms with Crippen molar-refractivity contribution in [3.63, 3.8) is 0 Å². The molecule has 0 aliphatic heterocycles. The molecule has 2 unspecified atom stereocenters. The van der Waals surface area contributed by atoms with Crippen molar-refractivity contribution in [2.75, 3.05) is 6.54 Å². The Bertz CT molecular complexity index is 579. The maximum absolute atomic E-state index is 4.44. The molecule has 2 atom stereocenters. The Morgan fingerprint density at radius 2 is 2.05 bits per heavy atom. The Hall–Kier alpha value is -1.41. The third-order valence-electron chi connectivity index (χ3n) is 4.73. The van der Waals surface area contributed by atoms with E-state index in [0.29, 0.717) is 12.0 Å². The maximum atomic E-state index is 4.44. The third kappa shape index (κ3) is 3.44. The van der Waals surface area contributed by atoms with E-state index in [-0.39, 0.29) is 0 Å². The molecule has 1 saturated carbocycles. The number of hydrogen-bond acceptors (Lipinski definition) is 2. The summed E-state index contributed by atoms with van der Waals surface area (Å²) < 4.78 is 0. The van der Waals surface area contributed by atoms with Crippen molar-refractivity contribution in [2.24, 2.45) is 0 Å². The molecule has 0 radical (unpaired) electrons. The average molecular weight is 282 g/mol. The van der Waals surface area contributed by atoms with Gasteiger partial charge in [-0.15, -0.1) is 0 Å². The van der Waals surface area contributed by atoms with Crippen LogP contribution in [0.5, 0.6) is 0 Å². The van der Waals surface area contributed by atoms with Crippen molar-refractivity contribution in [3.05, 3.63) is 42.1 Å². The number of hydrogen-bond donors (Lipinski definition) is 1. The van der Waals surface area contributed by atoms with Gasteiger partial charge in [0.1, 0.15) is 0 Å². The van der Waals surface area contributed by atoms with Crippen molar-refractivity contribution in [1.82, 2.24) is 10.3 Å². The quantitative estimate of drug-likeness (QED) is 0.826. The summed E-state index contributed by atoms with van der Waals surface area (Å²) in [6.45, 7) is 3.39. The monoisotopic (exact) mass is 282 g/mol. The van der Waals surface area contributed by atoms with Crippen LogP contribution in [-0.4, -0.2) is 17.6 Å². The summed E-state index contributed by atoms with van der Waals surface area (Å²) in [7, 11) is 0. The van der Waals surface area contributed by atoms with Crippen molar-refractivity contribution in [2.45, 2.75) is 57.4 Å². The molecule has 0 spiro atoms. The molecule has 1 aromatic heterocycles. The lowest BCUT2D eigenvalue weighted by Gasteiger charge is -2.27. The molecule has 2 aromatic rings. The predicted octanol–water partition coefficient (Wildman–Crippen LogP) is 4.65. The Balaban J connectivity index is 1.88. The Labute approximate surface area is 128 Å². The van der Waals surface area contributed by atoms with Crippen LogP contribution in [0.15, 0.2) is 36.5 Å². The van der Waals surface area contributed by atoms with Crippen LogP contribution in [0.1, 0.15) is 56.9 Å². The summed E-state index contributed by atoms with van der Waals surface area (Å²) in [6, 6.07) is 11.7. The summed E-state index contributed by atoms with van der Waals surface area (Å²) in [6.07, 6.45) is 9.83. The van der Waals surface area contributed by atoms with Crippen LogP contribution >= 0.6 is 0 Å². The molecule has 1 aromatic carbocycles. The lowest BCUT2D eigenvalue weighted by molar-refractivity contribution is 0.411. The third-order valence-corrected chi connectivity index (χ3v) is 4.73. The molecule has 112 valence electrons. The first kappa shape index (κ1) is 14.5. The van der Waals surface area contributed by atoms with E-state index in [1.165, 1.54) is 49.5 Å². The van der Waals surface area contributed by atoms with E-state index in [4.69, 9.17) is 0 Å². The van der Waals surface area contributed by atoms with Crippen LogP contribution in [0.3, 0.4) is 0 Å². The van der Waals surface area contributed by atoms with Gasteiger partial charge in [0.15, 0.2) is 0 Å². The van der Waals surface area contributed by atoms with Gasteiger partial charge in [-0.1, -0.05) is 38.3 Å². The Morgan fingerprint density at radius 1 is 1.14 bits per heavy atom. The van der Waals surface area contributed by atoms with Gasteiger partial charge >= 0.3 is 0 Å². The number of fused-ring (bicyclic) bond motifs is 1. The van der Waals surface area contributed by atoms with Crippen LogP contribution in [0.2, 0.25) is 0 Å². The lowest BCUT2D eigenvalue weighted by Crippen LogP contribution is -2.34. The van der Waals surface area contributed by atoms with Crippen molar-refractivity contribution in [1.29, 1.82) is 0 Å². The highest BCUT2D eigenvalue weighted by molar-refractivity contribution is 5.79. The molecule has 2 heteroatoms. The second kappa shape index (κ2) is 7.04. The maximum Gasteiger partial charge on any atom is 0.0702 e. The molecule has 1 N–H and O–H groups in total. The van der Waals surface area contributed by atoms with E-state index < -0.39 is 0 Å². The van der Waals surface area contributed by atoms with E-state index in [0.717, 1.165) is 12.1 Å². The van der Waals surface area contributed by atoms with E-state index in [1.54, 1.807) is 0 Å². The highest BCUT2D eigenvalue weighted by Gasteiger charge is 2.24. The van der Waals surface area contributed by atoms with Crippen LogP contribution in [0.4, 0.5) is 0 Å². The number of rotatable bonds is 4. The van der Waals surface area contributed by atoms with Crippen LogP contribution in [-0.2, 0) is 0 Å². The molecule has 1 heterocycles. The molecule has 3 rings (SSSR count). The fourth-order valence-corrected chi connectivity index (χ4v) is 3.61. The van der Waals surface area contributed by atoms with Gasteiger partial charge in [-0.2, -0.15) is 0 Å². The van der Waals surface area contributed by atoms with Crippen molar-refractivity contribution < 1.29 is 0 Å². The van der Waals surface area contributed by atoms with Gasteiger partial charge in [0, 0.05) is 17.6 Å². The minimum Gasteiger partial charge on any atom is -0.313 e. The Morgan fingerprint density at radius 3 is 2.95 bits per heavy atom. The zero-order valence-electron chi connectivity index (χ0n) is 13.0. The molecule has 0 amide bonds. The average Bonchev–Trinajstić information content (AvgIpc) is 2.78. The van der Waals surface area contributed by atoms with Gasteiger partial charge in [0.05, 0.1) is 5.52 Å². The highest BCUT2D eigenvalue weighted by Crippen LogP contribution is 2.33. The van der Waals surface area contributed by atoms with Gasteiger partial charge in [-0.3, -0.25) is 4.98 Å². The SMILES string of the molecule is CCCNC1CCCCCC1c1ccc2ncccc2c1. The number of nitrogens with zero attached hydrogens (tertiary/aromatic N) is 1. The number of pyridine rings is 1. The second-order valence-electron chi connectivity index (χ2n) is 6.26. The minimum atomic E-state index is 0.640. The zero-order valence-corrected chi connectivity index (χ0v) is 13.0. The molecular weight excluding hydrogens is 256 g/mol. The standard InChI is InChI=1S/C19H26N2/c1-2-12-20-19-9-5-3-4-8-17(19)15-10-11-18-16(14-15)7-6-13-21-18/h6-7,10-11,13-14,17,19-20H,2-5,8-9,12H2,1H3. The van der Waals surface area contributed by atoms with E-state index >= 15 is 0 Å². The highest BCUT2D eigenvalue weighted by atomic mass is 14.9. The van der Waals surface area contributed by atoms with Gasteiger partial charge in [-0.25, -0.2) is 0 Å². The summed E-state index contributed by atoms with van der Waals surface area (Å²) in [4.78, 5) is 4.44. The van der Waals surface area contributed by atoms with Crippen molar-refractivity contribution in [3.8, 4) is 0 Å². The summed E-state index contributed by atoms with van der Waals surface area (Å²) in [5, 5.41) is 5.06. The molecule has 0 saturated heterocycles. The zero-order chi connectivity index (χ0) is 14.5. The van der Waals surface area contributed by atoms with E-state index in [2.05, 4.69) is 41.5 Å². The minimum absolute atomic E-state index is 0.640. The number of aromatic nitrogens is 1. The lowest BCUT2D eigenvalue weighted by atomic mass is 9.87. The molecule has 21 heavy (non-hydrogen) atoms. The van der Waals surface area contributed by atoms with E-state index in [9.17, 15) is 0 Å². The predicted molar refractivity (Wildman–Crippen MR) is 89.7 cm³/mol. The normalized spacial score (nSPS) is 23.1. The fraction of sp³-hybridized carbons (Fsp3) is 0.526. The fourth-order valence-electron chi connectivity index (χ4n) is 3.61. The van der Waals surface area contributed by atoms with Gasteiger partial charge in [0.2, 0.25) is 0 Å². The van der Waals surface area contributed by atoms with Gasteiger partial charge in [0.25, 0.3) is 0 Å². The summed E-state index contributed by atoms with van der Waals surface area (Å²) >= 11 is 0. The second-order valence-corrected chi connectivity index (χ2v) is 6.26. The smallest absolute Gasteiger partial charge is 0.0702 e. The molecule has 0 bridgehead atoms. The topological polar surface area (TPSA) is 24.9 Å². The van der Waals surface area contributed by atoms with Crippen molar-refractivity contribution >= 4 is 10.9 Å². The molecule has 2 nitrogen and oxygen atoms in total. The number of benzene rings is 1. The molecule has 1 aliphatic rings.